The van der Waals surface area contributed by atoms with Crippen LogP contribution in [0.15, 0.2) is 6.07 Å². The van der Waals surface area contributed by atoms with Crippen molar-refractivity contribution in [1.82, 2.24) is 14.7 Å². The predicted molar refractivity (Wildman–Crippen MR) is 74.0 cm³/mol. The first-order chi connectivity index (χ1) is 8.93. The Kier molecular flexibility index (Phi) is 4.28. The van der Waals surface area contributed by atoms with Crippen molar-refractivity contribution in [1.29, 1.82) is 0 Å². The van der Waals surface area contributed by atoms with Crippen molar-refractivity contribution in [2.75, 3.05) is 19.7 Å². The molecule has 0 radical (unpaired) electrons. The minimum absolute atomic E-state index is 0.0754. The van der Waals surface area contributed by atoms with Crippen molar-refractivity contribution in [3.63, 3.8) is 0 Å². The smallest absolute Gasteiger partial charge is 0.0940 e. The molecule has 0 bridgehead atoms. The number of hydrogen-bond acceptors (Lipinski definition) is 4. The highest BCUT2D eigenvalue weighted by atomic mass is 16.5. The van der Waals surface area contributed by atoms with Gasteiger partial charge in [-0.3, -0.25) is 9.58 Å². The van der Waals surface area contributed by atoms with E-state index >= 15 is 0 Å². The molecule has 0 aromatic carbocycles. The third kappa shape index (κ3) is 3.55. The van der Waals surface area contributed by atoms with Gasteiger partial charge in [0.1, 0.15) is 0 Å². The lowest BCUT2D eigenvalue weighted by molar-refractivity contribution is -0.151. The first-order valence-electron chi connectivity index (χ1n) is 6.98. The van der Waals surface area contributed by atoms with Crippen molar-refractivity contribution in [3.05, 3.63) is 17.5 Å². The summed E-state index contributed by atoms with van der Waals surface area (Å²) in [6.07, 6.45) is -0.0946. The van der Waals surface area contributed by atoms with Crippen LogP contribution in [-0.4, -0.2) is 51.2 Å². The van der Waals surface area contributed by atoms with E-state index < -0.39 is 0 Å². The number of aromatic nitrogens is 2. The van der Waals surface area contributed by atoms with Crippen LogP contribution in [0.3, 0.4) is 0 Å². The Labute approximate surface area is 115 Å². The zero-order valence-electron chi connectivity index (χ0n) is 12.4. The fourth-order valence-electron chi connectivity index (χ4n) is 2.86. The molecule has 1 N–H and O–H groups in total. The fraction of sp³-hybridized carbons (Fsp3) is 0.786. The molecule has 1 aromatic rings. The molecule has 0 saturated carbocycles. The first kappa shape index (κ1) is 14.5. The van der Waals surface area contributed by atoms with Gasteiger partial charge in [0.25, 0.3) is 0 Å². The van der Waals surface area contributed by atoms with Gasteiger partial charge in [0.15, 0.2) is 0 Å². The van der Waals surface area contributed by atoms with E-state index in [1.165, 1.54) is 5.69 Å². The maximum Gasteiger partial charge on any atom is 0.0940 e. The van der Waals surface area contributed by atoms with Crippen molar-refractivity contribution >= 4 is 0 Å². The van der Waals surface area contributed by atoms with Crippen LogP contribution in [0, 0.1) is 6.92 Å². The van der Waals surface area contributed by atoms with E-state index in [0.717, 1.165) is 31.9 Å². The standard InChI is InChI=1S/C14H25N3O2/c1-5-17-12(6-11(2)15-17)7-16-8-13(9-18)19-14(3,4)10-16/h6,13,18H,5,7-10H2,1-4H3. The molecule has 1 unspecified atom stereocenters. The van der Waals surface area contributed by atoms with Crippen LogP contribution in [0.5, 0.6) is 0 Å². The van der Waals surface area contributed by atoms with E-state index in [9.17, 15) is 5.11 Å². The summed E-state index contributed by atoms with van der Waals surface area (Å²) in [6.45, 7) is 11.7. The third-order valence-electron chi connectivity index (χ3n) is 3.43. The molecule has 5 nitrogen and oxygen atoms in total. The summed E-state index contributed by atoms with van der Waals surface area (Å²) in [5, 5.41) is 13.8. The first-order valence-corrected chi connectivity index (χ1v) is 6.98. The summed E-state index contributed by atoms with van der Waals surface area (Å²) in [6, 6.07) is 2.14. The topological polar surface area (TPSA) is 50.5 Å². The van der Waals surface area contributed by atoms with Gasteiger partial charge < -0.3 is 9.84 Å². The van der Waals surface area contributed by atoms with Crippen molar-refractivity contribution < 1.29 is 9.84 Å². The van der Waals surface area contributed by atoms with Gasteiger partial charge in [-0.1, -0.05) is 0 Å². The molecule has 108 valence electrons. The van der Waals surface area contributed by atoms with Crippen LogP contribution in [0.1, 0.15) is 32.2 Å². The van der Waals surface area contributed by atoms with Gasteiger partial charge in [0.2, 0.25) is 0 Å². The molecule has 5 heteroatoms. The number of hydrogen-bond donors (Lipinski definition) is 1. The number of ether oxygens (including phenoxy) is 1. The van der Waals surface area contributed by atoms with Crippen LogP contribution in [-0.2, 0) is 17.8 Å². The summed E-state index contributed by atoms with van der Waals surface area (Å²) < 4.78 is 7.89. The van der Waals surface area contributed by atoms with Gasteiger partial charge in [-0.05, 0) is 33.8 Å². The monoisotopic (exact) mass is 267 g/mol. The van der Waals surface area contributed by atoms with Crippen molar-refractivity contribution in [2.24, 2.45) is 0 Å². The lowest BCUT2D eigenvalue weighted by Gasteiger charge is -2.42. The normalized spacial score (nSPS) is 23.7. The number of aryl methyl sites for hydroxylation is 2. The van der Waals surface area contributed by atoms with E-state index in [4.69, 9.17) is 4.74 Å². The van der Waals surface area contributed by atoms with Gasteiger partial charge in [-0.2, -0.15) is 5.10 Å². The SMILES string of the molecule is CCn1nc(C)cc1CN1CC(CO)OC(C)(C)C1. The molecule has 1 aromatic heterocycles. The second-order valence-corrected chi connectivity index (χ2v) is 5.94. The molecule has 1 fully saturated rings. The molecule has 1 saturated heterocycles. The summed E-state index contributed by atoms with van der Waals surface area (Å²) in [5.41, 5.74) is 2.08. The highest BCUT2D eigenvalue weighted by molar-refractivity contribution is 5.09. The van der Waals surface area contributed by atoms with Crippen LogP contribution >= 0.6 is 0 Å². The molecule has 0 amide bonds. The number of aliphatic hydroxyl groups excluding tert-OH is 1. The number of rotatable bonds is 4. The van der Waals surface area contributed by atoms with Crippen LogP contribution in [0.4, 0.5) is 0 Å². The van der Waals surface area contributed by atoms with Crippen molar-refractivity contribution in [3.8, 4) is 0 Å². The number of nitrogens with zero attached hydrogens (tertiary/aromatic N) is 3. The summed E-state index contributed by atoms with van der Waals surface area (Å²) in [7, 11) is 0. The van der Waals surface area contributed by atoms with Gasteiger partial charge in [-0.25, -0.2) is 0 Å². The van der Waals surface area contributed by atoms with E-state index in [2.05, 4.69) is 36.8 Å². The lowest BCUT2D eigenvalue weighted by Crippen LogP contribution is -2.53. The highest BCUT2D eigenvalue weighted by Crippen LogP contribution is 2.22. The lowest BCUT2D eigenvalue weighted by atomic mass is 10.1. The maximum atomic E-state index is 9.34. The Balaban J connectivity index is 2.09. The Morgan fingerprint density at radius 2 is 2.26 bits per heavy atom. The van der Waals surface area contributed by atoms with Crippen LogP contribution in [0.2, 0.25) is 0 Å². The van der Waals surface area contributed by atoms with E-state index in [1.807, 2.05) is 11.6 Å². The molecular formula is C14H25N3O2. The minimum atomic E-state index is -0.211. The summed E-state index contributed by atoms with van der Waals surface area (Å²) in [5.74, 6) is 0. The van der Waals surface area contributed by atoms with E-state index in [-0.39, 0.29) is 18.3 Å². The number of aliphatic hydroxyl groups is 1. The largest absolute Gasteiger partial charge is 0.394 e. The molecule has 1 atom stereocenters. The summed E-state index contributed by atoms with van der Waals surface area (Å²) in [4.78, 5) is 2.34. The maximum absolute atomic E-state index is 9.34. The van der Waals surface area contributed by atoms with Crippen molar-refractivity contribution in [2.45, 2.75) is 52.5 Å². The molecule has 0 aliphatic carbocycles. The average Bonchev–Trinajstić information content (AvgIpc) is 2.67. The Morgan fingerprint density at radius 3 is 2.89 bits per heavy atom. The Morgan fingerprint density at radius 1 is 1.53 bits per heavy atom. The molecule has 2 heterocycles. The molecular weight excluding hydrogens is 242 g/mol. The van der Waals surface area contributed by atoms with Gasteiger partial charge >= 0.3 is 0 Å². The average molecular weight is 267 g/mol. The fourth-order valence-corrected chi connectivity index (χ4v) is 2.86. The van der Waals surface area contributed by atoms with E-state index in [0.29, 0.717) is 0 Å². The molecule has 1 aliphatic heterocycles. The predicted octanol–water partition coefficient (Wildman–Crippen LogP) is 1.18. The Bertz CT molecular complexity index is 428. The minimum Gasteiger partial charge on any atom is -0.394 e. The molecule has 2 rings (SSSR count). The van der Waals surface area contributed by atoms with Crippen LogP contribution < -0.4 is 0 Å². The zero-order valence-corrected chi connectivity index (χ0v) is 12.4. The van der Waals surface area contributed by atoms with Gasteiger partial charge in [0.05, 0.1) is 29.7 Å². The Hall–Kier alpha value is -0.910. The van der Waals surface area contributed by atoms with Gasteiger partial charge in [-0.15, -0.1) is 0 Å². The molecule has 0 spiro atoms. The van der Waals surface area contributed by atoms with E-state index in [1.54, 1.807) is 0 Å². The highest BCUT2D eigenvalue weighted by Gasteiger charge is 2.33. The molecule has 1 aliphatic rings. The number of morpholine rings is 1. The summed E-state index contributed by atoms with van der Waals surface area (Å²) >= 11 is 0. The quantitative estimate of drug-likeness (QED) is 0.890. The third-order valence-corrected chi connectivity index (χ3v) is 3.43. The molecule has 19 heavy (non-hydrogen) atoms. The van der Waals surface area contributed by atoms with Gasteiger partial charge in [0, 0.05) is 26.2 Å². The van der Waals surface area contributed by atoms with Crippen LogP contribution in [0.25, 0.3) is 0 Å². The second-order valence-electron chi connectivity index (χ2n) is 5.94. The zero-order chi connectivity index (χ0) is 14.0. The second kappa shape index (κ2) is 5.61.